The van der Waals surface area contributed by atoms with Crippen molar-refractivity contribution in [3.8, 4) is 0 Å². The summed E-state index contributed by atoms with van der Waals surface area (Å²) in [6.07, 6.45) is 6.22. The standard InChI is InChI=1S/C20H37N7O.HI/c1-4-27-11-5-7-18(27)13-22-20(21-10-6-12-28-15-17-8-9-17)23-14-19-25-24-16(2)26(19)3;/h17-18H,4-15H2,1-3H3,(H2,21,22,23);1H. The fourth-order valence-electron chi connectivity index (χ4n) is 3.59. The van der Waals surface area contributed by atoms with E-state index in [2.05, 4.69) is 32.7 Å². The summed E-state index contributed by atoms with van der Waals surface area (Å²) in [6, 6.07) is 0.593. The van der Waals surface area contributed by atoms with E-state index >= 15 is 0 Å². The smallest absolute Gasteiger partial charge is 0.191 e. The largest absolute Gasteiger partial charge is 0.381 e. The molecular formula is C20H38IN7O. The topological polar surface area (TPSA) is 79.6 Å². The lowest BCUT2D eigenvalue weighted by Crippen LogP contribution is -2.45. The van der Waals surface area contributed by atoms with Gasteiger partial charge in [-0.3, -0.25) is 4.90 Å². The van der Waals surface area contributed by atoms with Gasteiger partial charge in [0.05, 0.1) is 0 Å². The molecule has 3 rings (SSSR count). The first kappa shape index (κ1) is 24.3. The average molecular weight is 519 g/mol. The van der Waals surface area contributed by atoms with Crippen molar-refractivity contribution in [2.75, 3.05) is 39.4 Å². The number of nitrogens with one attached hydrogen (secondary N) is 2. The molecule has 1 aliphatic carbocycles. The minimum atomic E-state index is 0. The number of hydrogen-bond acceptors (Lipinski definition) is 5. The van der Waals surface area contributed by atoms with E-state index in [0.717, 1.165) is 62.8 Å². The van der Waals surface area contributed by atoms with E-state index in [4.69, 9.17) is 9.73 Å². The number of aliphatic imine (C=N–C) groups is 1. The van der Waals surface area contributed by atoms with E-state index in [1.54, 1.807) is 0 Å². The lowest BCUT2D eigenvalue weighted by molar-refractivity contribution is 0.123. The SMILES string of the molecule is CCN1CCCC1CNC(=NCc1nnc(C)n1C)NCCCOCC1CC1.I. The van der Waals surface area contributed by atoms with Crippen molar-refractivity contribution in [3.63, 3.8) is 0 Å². The Morgan fingerprint density at radius 1 is 1.24 bits per heavy atom. The molecule has 2 aliphatic rings. The summed E-state index contributed by atoms with van der Waals surface area (Å²) in [7, 11) is 1.98. The Morgan fingerprint density at radius 3 is 2.76 bits per heavy atom. The molecule has 2 heterocycles. The molecule has 2 fully saturated rings. The van der Waals surface area contributed by atoms with Gasteiger partial charge < -0.3 is 19.9 Å². The lowest BCUT2D eigenvalue weighted by atomic mass is 10.2. The van der Waals surface area contributed by atoms with Gasteiger partial charge in [0.1, 0.15) is 12.4 Å². The first-order valence-electron chi connectivity index (χ1n) is 10.9. The molecule has 1 saturated heterocycles. The van der Waals surface area contributed by atoms with Crippen LogP contribution >= 0.6 is 24.0 Å². The third kappa shape index (κ3) is 8.01. The van der Waals surface area contributed by atoms with E-state index in [-0.39, 0.29) is 24.0 Å². The summed E-state index contributed by atoms with van der Waals surface area (Å²) in [6.45, 7) is 10.6. The van der Waals surface area contributed by atoms with Crippen LogP contribution in [-0.4, -0.2) is 71.1 Å². The van der Waals surface area contributed by atoms with Crippen LogP contribution in [0.1, 0.15) is 50.7 Å². The highest BCUT2D eigenvalue weighted by atomic mass is 127. The fourth-order valence-corrected chi connectivity index (χ4v) is 3.59. The molecule has 0 spiro atoms. The van der Waals surface area contributed by atoms with Crippen molar-refractivity contribution in [1.82, 2.24) is 30.3 Å². The van der Waals surface area contributed by atoms with E-state index in [9.17, 15) is 0 Å². The van der Waals surface area contributed by atoms with Gasteiger partial charge >= 0.3 is 0 Å². The normalized spacial score (nSPS) is 20.0. The number of nitrogens with zero attached hydrogens (tertiary/aromatic N) is 5. The molecule has 8 nitrogen and oxygen atoms in total. The molecule has 1 aliphatic heterocycles. The van der Waals surface area contributed by atoms with E-state index in [1.165, 1.54) is 32.2 Å². The summed E-state index contributed by atoms with van der Waals surface area (Å²) in [5, 5.41) is 15.3. The van der Waals surface area contributed by atoms with Crippen LogP contribution in [0.3, 0.4) is 0 Å². The van der Waals surface area contributed by atoms with Crippen LogP contribution in [0, 0.1) is 12.8 Å². The summed E-state index contributed by atoms with van der Waals surface area (Å²) >= 11 is 0. The molecule has 0 radical (unpaired) electrons. The summed E-state index contributed by atoms with van der Waals surface area (Å²) < 4.78 is 7.72. The maximum absolute atomic E-state index is 5.73. The van der Waals surface area contributed by atoms with Crippen molar-refractivity contribution in [2.24, 2.45) is 18.0 Å². The third-order valence-electron chi connectivity index (χ3n) is 5.78. The Hall–Kier alpha value is -0.940. The van der Waals surface area contributed by atoms with Crippen LogP contribution in [0.2, 0.25) is 0 Å². The number of aryl methyl sites for hydroxylation is 1. The van der Waals surface area contributed by atoms with Crippen molar-refractivity contribution in [2.45, 2.75) is 58.5 Å². The minimum Gasteiger partial charge on any atom is -0.381 e. The fraction of sp³-hybridized carbons (Fsp3) is 0.850. The molecule has 1 aromatic rings. The number of guanidine groups is 1. The van der Waals surface area contributed by atoms with Gasteiger partial charge in [0.2, 0.25) is 0 Å². The number of hydrogen-bond donors (Lipinski definition) is 2. The first-order chi connectivity index (χ1) is 13.7. The number of likely N-dealkylation sites (N-methyl/N-ethyl adjacent to an activating group) is 1. The predicted octanol–water partition coefficient (Wildman–Crippen LogP) is 2.08. The van der Waals surface area contributed by atoms with Crippen LogP contribution in [-0.2, 0) is 18.3 Å². The Kier molecular flexibility index (Phi) is 10.6. The number of likely N-dealkylation sites (tertiary alicyclic amines) is 1. The molecule has 0 aromatic carbocycles. The highest BCUT2D eigenvalue weighted by Crippen LogP contribution is 2.28. The van der Waals surface area contributed by atoms with Crippen LogP contribution in [0.4, 0.5) is 0 Å². The Morgan fingerprint density at radius 2 is 2.07 bits per heavy atom. The molecule has 0 amide bonds. The van der Waals surface area contributed by atoms with Gasteiger partial charge in [0.25, 0.3) is 0 Å². The second-order valence-corrected chi connectivity index (χ2v) is 7.99. The number of ether oxygens (including phenoxy) is 1. The molecule has 1 unspecified atom stereocenters. The first-order valence-corrected chi connectivity index (χ1v) is 10.9. The second kappa shape index (κ2) is 12.7. The van der Waals surface area contributed by atoms with Gasteiger partial charge in [-0.1, -0.05) is 6.92 Å². The quantitative estimate of drug-likeness (QED) is 0.202. The Balaban J connectivity index is 0.00000300. The van der Waals surface area contributed by atoms with Crippen molar-refractivity contribution in [1.29, 1.82) is 0 Å². The van der Waals surface area contributed by atoms with E-state index in [1.807, 2.05) is 18.5 Å². The predicted molar refractivity (Wildman–Crippen MR) is 127 cm³/mol. The van der Waals surface area contributed by atoms with E-state index in [0.29, 0.717) is 12.6 Å². The highest BCUT2D eigenvalue weighted by molar-refractivity contribution is 14.0. The minimum absolute atomic E-state index is 0. The maximum Gasteiger partial charge on any atom is 0.191 e. The average Bonchev–Trinajstić information content (AvgIpc) is 3.32. The van der Waals surface area contributed by atoms with E-state index < -0.39 is 0 Å². The zero-order valence-corrected chi connectivity index (χ0v) is 20.5. The van der Waals surface area contributed by atoms with Gasteiger partial charge in [-0.15, -0.1) is 34.2 Å². The van der Waals surface area contributed by atoms with Gasteiger partial charge in [-0.25, -0.2) is 4.99 Å². The maximum atomic E-state index is 5.73. The van der Waals surface area contributed by atoms with Gasteiger partial charge in [-0.2, -0.15) is 0 Å². The van der Waals surface area contributed by atoms with Crippen molar-refractivity contribution >= 4 is 29.9 Å². The lowest BCUT2D eigenvalue weighted by Gasteiger charge is -2.24. The van der Waals surface area contributed by atoms with Gasteiger partial charge in [0.15, 0.2) is 11.8 Å². The zero-order valence-electron chi connectivity index (χ0n) is 18.2. The van der Waals surface area contributed by atoms with Crippen molar-refractivity contribution < 1.29 is 4.74 Å². The van der Waals surface area contributed by atoms with Gasteiger partial charge in [-0.05, 0) is 58.0 Å². The molecule has 0 bridgehead atoms. The summed E-state index contributed by atoms with van der Waals surface area (Å²) in [5.74, 6) is 3.47. The van der Waals surface area contributed by atoms with Crippen LogP contribution in [0.5, 0.6) is 0 Å². The molecule has 1 atom stereocenters. The van der Waals surface area contributed by atoms with Gasteiger partial charge in [0, 0.05) is 39.4 Å². The molecule has 2 N–H and O–H groups in total. The monoisotopic (exact) mass is 519 g/mol. The number of rotatable bonds is 11. The van der Waals surface area contributed by atoms with Crippen LogP contribution in [0.15, 0.2) is 4.99 Å². The molecule has 1 saturated carbocycles. The zero-order chi connectivity index (χ0) is 19.8. The molecule has 166 valence electrons. The Labute approximate surface area is 192 Å². The third-order valence-corrected chi connectivity index (χ3v) is 5.78. The molecule has 1 aromatic heterocycles. The Bertz CT molecular complexity index is 632. The van der Waals surface area contributed by atoms with Crippen LogP contribution in [0.25, 0.3) is 0 Å². The molecular weight excluding hydrogens is 481 g/mol. The molecule has 9 heteroatoms. The summed E-state index contributed by atoms with van der Waals surface area (Å²) in [4.78, 5) is 7.29. The molecule has 29 heavy (non-hydrogen) atoms. The van der Waals surface area contributed by atoms with Crippen LogP contribution < -0.4 is 10.6 Å². The van der Waals surface area contributed by atoms with Crippen molar-refractivity contribution in [3.05, 3.63) is 11.6 Å². The summed E-state index contributed by atoms with van der Waals surface area (Å²) in [5.41, 5.74) is 0. The second-order valence-electron chi connectivity index (χ2n) is 7.99. The number of aromatic nitrogens is 3. The number of halogens is 1. The highest BCUT2D eigenvalue weighted by Gasteiger charge is 2.23.